The van der Waals surface area contributed by atoms with Crippen molar-refractivity contribution in [2.75, 3.05) is 7.11 Å². The summed E-state index contributed by atoms with van der Waals surface area (Å²) < 4.78 is 5.21. The Labute approximate surface area is 84.5 Å². The Balaban J connectivity index is 3.28. The number of rotatable bonds is 1. The first kappa shape index (κ1) is 10.1. The second-order valence-corrected chi connectivity index (χ2v) is 3.50. The fourth-order valence-electron chi connectivity index (χ4n) is 0.987. The van der Waals surface area contributed by atoms with Gasteiger partial charge in [-0.15, -0.1) is 0 Å². The Morgan fingerprint density at radius 2 is 2.15 bits per heavy atom. The lowest BCUT2D eigenvalue weighted by atomic mass is 10.1. The maximum atomic E-state index is 11.2. The normalized spacial score (nSPS) is 9.77. The summed E-state index contributed by atoms with van der Waals surface area (Å²) in [6.07, 6.45) is 0. The molecular weight excluding hydrogens is 236 g/mol. The third-order valence-corrected chi connectivity index (χ3v) is 2.21. The van der Waals surface area contributed by atoms with Crippen LogP contribution in [-0.2, 0) is 4.74 Å². The molecule has 0 heterocycles. The van der Waals surface area contributed by atoms with Crippen LogP contribution in [0.25, 0.3) is 0 Å². The van der Waals surface area contributed by atoms with Crippen molar-refractivity contribution in [2.24, 2.45) is 0 Å². The van der Waals surface area contributed by atoms with Crippen LogP contribution in [0.1, 0.15) is 15.9 Å². The van der Waals surface area contributed by atoms with Crippen molar-refractivity contribution in [1.82, 2.24) is 0 Å². The molecule has 1 aromatic carbocycles. The van der Waals surface area contributed by atoms with Gasteiger partial charge in [0, 0.05) is 10.0 Å². The highest BCUT2D eigenvalue weighted by molar-refractivity contribution is 9.10. The number of phenols is 1. The van der Waals surface area contributed by atoms with Crippen LogP contribution in [0, 0.1) is 6.92 Å². The lowest BCUT2D eigenvalue weighted by Gasteiger charge is -2.06. The average Bonchev–Trinajstić information content (AvgIpc) is 2.10. The molecule has 70 valence electrons. The van der Waals surface area contributed by atoms with Gasteiger partial charge in [0.1, 0.15) is 5.75 Å². The van der Waals surface area contributed by atoms with Gasteiger partial charge >= 0.3 is 5.97 Å². The van der Waals surface area contributed by atoms with Crippen molar-refractivity contribution >= 4 is 21.9 Å². The van der Waals surface area contributed by atoms with Crippen molar-refractivity contribution in [3.63, 3.8) is 0 Å². The summed E-state index contributed by atoms with van der Waals surface area (Å²) in [4.78, 5) is 11.2. The molecule has 0 aliphatic rings. The molecule has 0 aliphatic heterocycles. The van der Waals surface area contributed by atoms with E-state index >= 15 is 0 Å². The number of methoxy groups -OCH3 is 1. The van der Waals surface area contributed by atoms with Gasteiger partial charge in [-0.05, 0) is 19.1 Å². The molecule has 0 aliphatic carbocycles. The molecular formula is C9H9BrO3. The first-order valence-electron chi connectivity index (χ1n) is 3.63. The van der Waals surface area contributed by atoms with Gasteiger partial charge in [-0.2, -0.15) is 0 Å². The molecule has 0 saturated heterocycles. The molecule has 1 N–H and O–H groups in total. The largest absolute Gasteiger partial charge is 0.508 e. The van der Waals surface area contributed by atoms with E-state index in [-0.39, 0.29) is 5.75 Å². The van der Waals surface area contributed by atoms with E-state index in [1.165, 1.54) is 13.2 Å². The molecule has 1 aromatic rings. The predicted octanol–water partition coefficient (Wildman–Crippen LogP) is 2.25. The minimum absolute atomic E-state index is 0.0785. The molecule has 13 heavy (non-hydrogen) atoms. The first-order valence-corrected chi connectivity index (χ1v) is 4.43. The highest BCUT2D eigenvalue weighted by atomic mass is 79.9. The number of ether oxygens (including phenoxy) is 1. The van der Waals surface area contributed by atoms with Crippen LogP contribution >= 0.6 is 15.9 Å². The average molecular weight is 245 g/mol. The molecule has 0 saturated carbocycles. The van der Waals surface area contributed by atoms with Crippen LogP contribution in [-0.4, -0.2) is 18.2 Å². The maximum absolute atomic E-state index is 11.2. The van der Waals surface area contributed by atoms with E-state index in [1.807, 2.05) is 0 Å². The highest BCUT2D eigenvalue weighted by Gasteiger charge is 2.12. The summed E-state index contributed by atoms with van der Waals surface area (Å²) in [6, 6.07) is 3.14. The Kier molecular flexibility index (Phi) is 2.93. The van der Waals surface area contributed by atoms with Gasteiger partial charge in [0.15, 0.2) is 0 Å². The number of benzene rings is 1. The Bertz CT molecular complexity index is 347. The maximum Gasteiger partial charge on any atom is 0.338 e. The van der Waals surface area contributed by atoms with Crippen LogP contribution in [0.2, 0.25) is 0 Å². The summed E-state index contributed by atoms with van der Waals surface area (Å²) in [6.45, 7) is 1.66. The smallest absolute Gasteiger partial charge is 0.338 e. The number of halogens is 1. The summed E-state index contributed by atoms with van der Waals surface area (Å²) in [5, 5.41) is 9.39. The number of aromatic hydroxyl groups is 1. The van der Waals surface area contributed by atoms with E-state index in [9.17, 15) is 9.90 Å². The zero-order valence-electron chi connectivity index (χ0n) is 7.30. The van der Waals surface area contributed by atoms with E-state index in [2.05, 4.69) is 20.7 Å². The van der Waals surface area contributed by atoms with Gasteiger partial charge in [0.25, 0.3) is 0 Å². The molecule has 0 radical (unpaired) electrons. The van der Waals surface area contributed by atoms with Crippen LogP contribution < -0.4 is 0 Å². The van der Waals surface area contributed by atoms with Gasteiger partial charge in [-0.25, -0.2) is 4.79 Å². The zero-order chi connectivity index (χ0) is 10.0. The van der Waals surface area contributed by atoms with Gasteiger partial charge in [-0.3, -0.25) is 0 Å². The second kappa shape index (κ2) is 3.79. The third-order valence-electron chi connectivity index (χ3n) is 1.75. The number of esters is 1. The highest BCUT2D eigenvalue weighted by Crippen LogP contribution is 2.26. The summed E-state index contributed by atoms with van der Waals surface area (Å²) >= 11 is 3.18. The summed E-state index contributed by atoms with van der Waals surface area (Å²) in [7, 11) is 1.31. The van der Waals surface area contributed by atoms with Crippen LogP contribution in [0.15, 0.2) is 16.6 Å². The van der Waals surface area contributed by atoms with Crippen molar-refractivity contribution < 1.29 is 14.6 Å². The zero-order valence-corrected chi connectivity index (χ0v) is 8.88. The molecule has 0 fully saturated rings. The van der Waals surface area contributed by atoms with Gasteiger partial charge in [0.2, 0.25) is 0 Å². The number of hydrogen-bond donors (Lipinski definition) is 1. The fourth-order valence-corrected chi connectivity index (χ4v) is 1.43. The topological polar surface area (TPSA) is 46.5 Å². The SMILES string of the molecule is COC(=O)c1cc(Br)cc(O)c1C. The van der Waals surface area contributed by atoms with E-state index in [1.54, 1.807) is 13.0 Å². The third kappa shape index (κ3) is 2.01. The Morgan fingerprint density at radius 3 is 2.69 bits per heavy atom. The van der Waals surface area contributed by atoms with Crippen molar-refractivity contribution in [3.05, 3.63) is 27.7 Å². The molecule has 0 unspecified atom stereocenters. The van der Waals surface area contributed by atoms with E-state index < -0.39 is 5.97 Å². The second-order valence-electron chi connectivity index (χ2n) is 2.59. The lowest BCUT2D eigenvalue weighted by Crippen LogP contribution is -2.03. The number of carbonyl (C=O) groups excluding carboxylic acids is 1. The predicted molar refractivity (Wildman–Crippen MR) is 51.9 cm³/mol. The molecule has 4 heteroatoms. The molecule has 0 aromatic heterocycles. The van der Waals surface area contributed by atoms with E-state index in [0.717, 1.165) is 0 Å². The molecule has 0 atom stereocenters. The fraction of sp³-hybridized carbons (Fsp3) is 0.222. The number of carbonyl (C=O) groups is 1. The number of hydrogen-bond acceptors (Lipinski definition) is 3. The number of phenolic OH excluding ortho intramolecular Hbond substituents is 1. The monoisotopic (exact) mass is 244 g/mol. The first-order chi connectivity index (χ1) is 6.06. The summed E-state index contributed by atoms with van der Waals surface area (Å²) in [5.74, 6) is -0.371. The van der Waals surface area contributed by atoms with Crippen LogP contribution in [0.3, 0.4) is 0 Å². The van der Waals surface area contributed by atoms with Gasteiger partial charge < -0.3 is 9.84 Å². The summed E-state index contributed by atoms with van der Waals surface area (Å²) in [5.41, 5.74) is 0.893. The minimum atomic E-state index is -0.450. The van der Waals surface area contributed by atoms with Gasteiger partial charge in [-0.1, -0.05) is 15.9 Å². The van der Waals surface area contributed by atoms with Crippen molar-refractivity contribution in [3.8, 4) is 5.75 Å². The molecule has 0 spiro atoms. The standard InChI is InChI=1S/C9H9BrO3/c1-5-7(9(12)13-2)3-6(10)4-8(5)11/h3-4,11H,1-2H3. The molecule has 1 rings (SSSR count). The Morgan fingerprint density at radius 1 is 1.54 bits per heavy atom. The van der Waals surface area contributed by atoms with Gasteiger partial charge in [0.05, 0.1) is 12.7 Å². The van der Waals surface area contributed by atoms with Crippen molar-refractivity contribution in [1.29, 1.82) is 0 Å². The van der Waals surface area contributed by atoms with Crippen molar-refractivity contribution in [2.45, 2.75) is 6.92 Å². The molecule has 3 nitrogen and oxygen atoms in total. The molecule has 0 bridgehead atoms. The minimum Gasteiger partial charge on any atom is -0.508 e. The quantitative estimate of drug-likeness (QED) is 0.772. The molecule has 0 amide bonds. The lowest BCUT2D eigenvalue weighted by molar-refractivity contribution is 0.0599. The van der Waals surface area contributed by atoms with Crippen LogP contribution in [0.4, 0.5) is 0 Å². The van der Waals surface area contributed by atoms with Crippen LogP contribution in [0.5, 0.6) is 5.75 Å². The Hall–Kier alpha value is -1.03. The van der Waals surface area contributed by atoms with E-state index in [0.29, 0.717) is 15.6 Å². The van der Waals surface area contributed by atoms with E-state index in [4.69, 9.17) is 0 Å².